The van der Waals surface area contributed by atoms with Gasteiger partial charge in [0.2, 0.25) is 5.91 Å². The highest BCUT2D eigenvalue weighted by Gasteiger charge is 2.11. The number of hydrogen-bond acceptors (Lipinski definition) is 3. The summed E-state index contributed by atoms with van der Waals surface area (Å²) in [5.74, 6) is -0.834. The van der Waals surface area contributed by atoms with Gasteiger partial charge in [0, 0.05) is 13.2 Å². The second-order valence-electron chi connectivity index (χ2n) is 2.68. The van der Waals surface area contributed by atoms with E-state index in [9.17, 15) is 9.59 Å². The molecular weight excluding hydrogens is 218 g/mol. The minimum atomic E-state index is -0.380. The zero-order chi connectivity index (χ0) is 11.3. The molecule has 1 aromatic heterocycles. The van der Waals surface area contributed by atoms with Crippen molar-refractivity contribution in [3.63, 3.8) is 0 Å². The third-order valence-corrected chi connectivity index (χ3v) is 1.93. The van der Waals surface area contributed by atoms with Gasteiger partial charge in [-0.05, 0) is 6.07 Å². The van der Waals surface area contributed by atoms with Crippen LogP contribution in [0.4, 0.5) is 5.69 Å². The van der Waals surface area contributed by atoms with Crippen molar-refractivity contribution in [3.8, 4) is 0 Å². The summed E-state index contributed by atoms with van der Waals surface area (Å²) in [5.41, 5.74) is 0.702. The maximum absolute atomic E-state index is 11.4. The van der Waals surface area contributed by atoms with Crippen molar-refractivity contribution in [1.29, 1.82) is 0 Å². The summed E-state index contributed by atoms with van der Waals surface area (Å²) in [6.07, 6.45) is 2.87. The number of anilines is 1. The second kappa shape index (κ2) is 5.31. The Hall–Kier alpha value is -1.62. The van der Waals surface area contributed by atoms with Gasteiger partial charge in [0.05, 0.1) is 17.4 Å². The number of hydrogen-bond donors (Lipinski definition) is 2. The van der Waals surface area contributed by atoms with Gasteiger partial charge in [-0.15, -0.1) is 11.6 Å². The predicted molar refractivity (Wildman–Crippen MR) is 57.0 cm³/mol. The van der Waals surface area contributed by atoms with Crippen LogP contribution in [-0.4, -0.2) is 29.7 Å². The molecule has 0 bridgehead atoms. The predicted octanol–water partition coefficient (Wildman–Crippen LogP) is 0.618. The smallest absolute Gasteiger partial charge is 0.253 e. The fourth-order valence-electron chi connectivity index (χ4n) is 1.01. The third kappa shape index (κ3) is 2.92. The maximum Gasteiger partial charge on any atom is 0.253 e. The summed E-state index contributed by atoms with van der Waals surface area (Å²) in [4.78, 5) is 26.2. The van der Waals surface area contributed by atoms with Gasteiger partial charge in [-0.3, -0.25) is 14.6 Å². The summed E-state index contributed by atoms with van der Waals surface area (Å²) in [7, 11) is 1.51. The van der Waals surface area contributed by atoms with Crippen molar-refractivity contribution in [2.24, 2.45) is 0 Å². The normalized spacial score (nSPS) is 9.47. The molecule has 1 aromatic rings. The highest BCUT2D eigenvalue weighted by atomic mass is 35.5. The molecule has 80 valence electrons. The summed E-state index contributed by atoms with van der Waals surface area (Å²) in [6.45, 7) is 0. The van der Waals surface area contributed by atoms with Gasteiger partial charge in [0.15, 0.2) is 0 Å². The lowest BCUT2D eigenvalue weighted by molar-refractivity contribution is -0.113. The first-order valence-electron chi connectivity index (χ1n) is 4.21. The van der Waals surface area contributed by atoms with Crippen LogP contribution in [0.25, 0.3) is 0 Å². The van der Waals surface area contributed by atoms with Crippen LogP contribution in [0.3, 0.4) is 0 Å². The van der Waals surface area contributed by atoms with Crippen molar-refractivity contribution in [2.45, 2.75) is 0 Å². The molecule has 0 aliphatic rings. The number of pyridine rings is 1. The van der Waals surface area contributed by atoms with Crippen LogP contribution in [0.2, 0.25) is 0 Å². The lowest BCUT2D eigenvalue weighted by Gasteiger charge is -2.07. The largest absolute Gasteiger partial charge is 0.355 e. The average Bonchev–Trinajstić information content (AvgIpc) is 2.28. The molecule has 2 N–H and O–H groups in total. The maximum atomic E-state index is 11.4. The Balaban J connectivity index is 2.96. The van der Waals surface area contributed by atoms with E-state index in [4.69, 9.17) is 11.6 Å². The minimum Gasteiger partial charge on any atom is -0.355 e. The van der Waals surface area contributed by atoms with Crippen LogP contribution in [-0.2, 0) is 4.79 Å². The summed E-state index contributed by atoms with van der Waals surface area (Å²) < 4.78 is 0. The van der Waals surface area contributed by atoms with Gasteiger partial charge >= 0.3 is 0 Å². The highest BCUT2D eigenvalue weighted by molar-refractivity contribution is 6.29. The molecule has 1 heterocycles. The number of nitrogens with one attached hydrogen (secondary N) is 2. The lowest BCUT2D eigenvalue weighted by atomic mass is 10.2. The Morgan fingerprint density at radius 2 is 2.27 bits per heavy atom. The van der Waals surface area contributed by atoms with Crippen LogP contribution >= 0.6 is 11.6 Å². The molecule has 0 saturated carbocycles. The fourth-order valence-corrected chi connectivity index (χ4v) is 1.08. The molecule has 1 rings (SSSR count). The average molecular weight is 228 g/mol. The van der Waals surface area contributed by atoms with Crippen LogP contribution < -0.4 is 10.6 Å². The van der Waals surface area contributed by atoms with Crippen molar-refractivity contribution >= 4 is 29.1 Å². The molecule has 0 spiro atoms. The zero-order valence-corrected chi connectivity index (χ0v) is 8.84. The second-order valence-corrected chi connectivity index (χ2v) is 2.95. The number of rotatable bonds is 3. The first kappa shape index (κ1) is 11.5. The molecule has 0 aliphatic carbocycles. The molecule has 5 nitrogen and oxygen atoms in total. The molecular formula is C9H10ClN3O2. The number of alkyl halides is 1. The van der Waals surface area contributed by atoms with Crippen LogP contribution in [0.5, 0.6) is 0 Å². The third-order valence-electron chi connectivity index (χ3n) is 1.69. The van der Waals surface area contributed by atoms with E-state index < -0.39 is 0 Å². The molecule has 6 heteroatoms. The first-order chi connectivity index (χ1) is 7.19. The summed E-state index contributed by atoms with van der Waals surface area (Å²) in [6, 6.07) is 1.52. The molecule has 0 fully saturated rings. The zero-order valence-electron chi connectivity index (χ0n) is 8.08. The number of amides is 2. The lowest BCUT2D eigenvalue weighted by Crippen LogP contribution is -2.22. The molecule has 2 amide bonds. The van der Waals surface area contributed by atoms with E-state index in [1.54, 1.807) is 0 Å². The Kier molecular flexibility index (Phi) is 4.05. The van der Waals surface area contributed by atoms with Gasteiger partial charge in [0.1, 0.15) is 5.88 Å². The van der Waals surface area contributed by atoms with E-state index in [0.29, 0.717) is 11.3 Å². The van der Waals surface area contributed by atoms with Crippen molar-refractivity contribution in [2.75, 3.05) is 18.2 Å². The quantitative estimate of drug-likeness (QED) is 0.744. The Labute approximate surface area is 91.8 Å². The summed E-state index contributed by atoms with van der Waals surface area (Å²) in [5, 5.41) is 4.94. The minimum absolute atomic E-state index is 0.165. The molecule has 15 heavy (non-hydrogen) atoms. The van der Waals surface area contributed by atoms with Crippen molar-refractivity contribution < 1.29 is 9.59 Å². The number of halogens is 1. The number of nitrogens with zero attached hydrogens (tertiary/aromatic N) is 1. The van der Waals surface area contributed by atoms with Crippen LogP contribution in [0, 0.1) is 0 Å². The molecule has 0 aliphatic heterocycles. The molecule has 0 radical (unpaired) electrons. The van der Waals surface area contributed by atoms with Crippen molar-refractivity contribution in [3.05, 3.63) is 24.0 Å². The Morgan fingerprint density at radius 1 is 1.53 bits per heavy atom. The topological polar surface area (TPSA) is 71.1 Å². The molecule has 0 atom stereocenters. The SMILES string of the molecule is CNC(=O)c1ccncc1NC(=O)CCl. The van der Waals surface area contributed by atoms with Crippen LogP contribution in [0.15, 0.2) is 18.5 Å². The van der Waals surface area contributed by atoms with Gasteiger partial charge in [-0.1, -0.05) is 0 Å². The van der Waals surface area contributed by atoms with Crippen LogP contribution in [0.1, 0.15) is 10.4 Å². The van der Waals surface area contributed by atoms with E-state index in [2.05, 4.69) is 15.6 Å². The number of carbonyl (C=O) groups is 2. The Bertz CT molecular complexity index is 381. The molecule has 0 saturated heterocycles. The van der Waals surface area contributed by atoms with E-state index in [1.807, 2.05) is 0 Å². The van der Waals surface area contributed by atoms with E-state index in [-0.39, 0.29) is 17.7 Å². The monoisotopic (exact) mass is 227 g/mol. The number of carbonyl (C=O) groups excluding carboxylic acids is 2. The van der Waals surface area contributed by atoms with E-state index in [0.717, 1.165) is 0 Å². The summed E-state index contributed by atoms with van der Waals surface area (Å²) >= 11 is 5.33. The first-order valence-corrected chi connectivity index (χ1v) is 4.74. The highest BCUT2D eigenvalue weighted by Crippen LogP contribution is 2.12. The van der Waals surface area contributed by atoms with Gasteiger partial charge < -0.3 is 10.6 Å². The standard InChI is InChI=1S/C9H10ClN3O2/c1-11-9(15)6-2-3-12-5-7(6)13-8(14)4-10/h2-3,5H,4H2,1H3,(H,11,15)(H,13,14). The van der Waals surface area contributed by atoms with E-state index in [1.165, 1.54) is 25.5 Å². The van der Waals surface area contributed by atoms with E-state index >= 15 is 0 Å². The fraction of sp³-hybridized carbons (Fsp3) is 0.222. The molecule has 0 unspecified atom stereocenters. The van der Waals surface area contributed by atoms with Crippen molar-refractivity contribution in [1.82, 2.24) is 10.3 Å². The molecule has 0 aromatic carbocycles. The van der Waals surface area contributed by atoms with Gasteiger partial charge in [-0.2, -0.15) is 0 Å². The number of aromatic nitrogens is 1. The van der Waals surface area contributed by atoms with Gasteiger partial charge in [0.25, 0.3) is 5.91 Å². The van der Waals surface area contributed by atoms with Gasteiger partial charge in [-0.25, -0.2) is 0 Å². The Morgan fingerprint density at radius 3 is 2.87 bits per heavy atom.